The highest BCUT2D eigenvalue weighted by Crippen LogP contribution is 2.45. The predicted molar refractivity (Wildman–Crippen MR) is 386 cm³/mol. The van der Waals surface area contributed by atoms with Crippen molar-refractivity contribution in [3.8, 4) is 0 Å². The van der Waals surface area contributed by atoms with Crippen molar-refractivity contribution < 1.29 is 80.2 Å². The largest absolute Gasteiger partial charge is 0.472 e. The minimum absolute atomic E-state index is 0.104. The maximum Gasteiger partial charge on any atom is 0.472 e. The van der Waals surface area contributed by atoms with Crippen LogP contribution in [0.15, 0.2) is 0 Å². The lowest BCUT2D eigenvalue weighted by molar-refractivity contribution is -0.161. The molecule has 7 atom stereocenters. The van der Waals surface area contributed by atoms with E-state index in [1.165, 1.54) is 193 Å². The Kier molecular flexibility index (Phi) is 65.2. The van der Waals surface area contributed by atoms with Crippen LogP contribution in [0.25, 0.3) is 0 Å². The van der Waals surface area contributed by atoms with E-state index in [2.05, 4.69) is 48.5 Å². The first-order chi connectivity index (χ1) is 45.8. The van der Waals surface area contributed by atoms with Crippen molar-refractivity contribution in [3.63, 3.8) is 0 Å². The maximum atomic E-state index is 13.1. The Balaban J connectivity index is 5.21. The minimum atomic E-state index is -4.96. The lowest BCUT2D eigenvalue weighted by atomic mass is 9.99. The van der Waals surface area contributed by atoms with E-state index in [-0.39, 0.29) is 25.7 Å². The maximum absolute atomic E-state index is 13.1. The molecule has 0 aliphatic carbocycles. The Bertz CT molecular complexity index is 1860. The van der Waals surface area contributed by atoms with E-state index in [9.17, 15) is 43.2 Å². The van der Waals surface area contributed by atoms with Crippen molar-refractivity contribution in [2.24, 2.45) is 17.8 Å². The number of aliphatic hydroxyl groups excluding tert-OH is 1. The summed E-state index contributed by atoms with van der Waals surface area (Å²) in [6.07, 6.45) is 52.7. The molecule has 0 aliphatic heterocycles. The molecule has 0 aliphatic rings. The number of ether oxygens (including phenoxy) is 4. The number of aliphatic hydroxyl groups is 1. The zero-order valence-electron chi connectivity index (χ0n) is 62.1. The molecule has 0 fully saturated rings. The molecule has 0 aromatic carbocycles. The Labute approximate surface area is 581 Å². The SMILES string of the molecule is CCCCCCCCCCC(=O)OC[C@H](COP(=O)(O)OC[C@H](O)COP(=O)(O)OC[C@@H](COC(=O)CCCCCCCCCCCCCCCCC(C)CC)OC(=O)CCCCCCCCCCCCCCCCC(C)CC)OC(=O)CCCCCCCCCCC(C)C. The van der Waals surface area contributed by atoms with Gasteiger partial charge < -0.3 is 33.8 Å². The molecule has 4 unspecified atom stereocenters. The molecule has 17 nitrogen and oxygen atoms in total. The molecule has 3 N–H and O–H groups in total. The van der Waals surface area contributed by atoms with Gasteiger partial charge in [0.2, 0.25) is 0 Å². The summed E-state index contributed by atoms with van der Waals surface area (Å²) in [6, 6.07) is 0. The van der Waals surface area contributed by atoms with E-state index in [1.807, 2.05) is 0 Å². The van der Waals surface area contributed by atoms with Crippen LogP contribution in [0, 0.1) is 17.8 Å². The summed E-state index contributed by atoms with van der Waals surface area (Å²) in [5.74, 6) is 0.293. The molecule has 19 heteroatoms. The highest BCUT2D eigenvalue weighted by Gasteiger charge is 2.30. The van der Waals surface area contributed by atoms with Crippen molar-refractivity contribution in [3.05, 3.63) is 0 Å². The molecule has 564 valence electrons. The Morgan fingerprint density at radius 2 is 0.537 bits per heavy atom. The van der Waals surface area contributed by atoms with Gasteiger partial charge in [-0.15, -0.1) is 0 Å². The fourth-order valence-electron chi connectivity index (χ4n) is 11.5. The van der Waals surface area contributed by atoms with Crippen LogP contribution in [0.3, 0.4) is 0 Å². The molecule has 0 radical (unpaired) electrons. The van der Waals surface area contributed by atoms with Crippen molar-refractivity contribution >= 4 is 39.5 Å². The lowest BCUT2D eigenvalue weighted by Crippen LogP contribution is -2.30. The number of hydrogen-bond acceptors (Lipinski definition) is 15. The Morgan fingerprint density at radius 3 is 0.800 bits per heavy atom. The van der Waals surface area contributed by atoms with Crippen LogP contribution in [0.5, 0.6) is 0 Å². The van der Waals surface area contributed by atoms with Gasteiger partial charge in [-0.1, -0.05) is 337 Å². The Hall–Kier alpha value is -1.94. The van der Waals surface area contributed by atoms with Gasteiger partial charge in [-0.25, -0.2) is 9.13 Å². The molecule has 0 spiro atoms. The third kappa shape index (κ3) is 67.6. The molecule has 0 saturated carbocycles. The number of carbonyl (C=O) groups excluding carboxylic acids is 4. The number of esters is 4. The van der Waals surface area contributed by atoms with Gasteiger partial charge in [0.05, 0.1) is 26.4 Å². The average Bonchev–Trinajstić information content (AvgIpc) is 1.65. The highest BCUT2D eigenvalue weighted by molar-refractivity contribution is 7.47. The second-order valence-corrected chi connectivity index (χ2v) is 31.3. The van der Waals surface area contributed by atoms with Gasteiger partial charge >= 0.3 is 39.5 Å². The van der Waals surface area contributed by atoms with Crippen molar-refractivity contribution in [1.29, 1.82) is 0 Å². The number of hydrogen-bond donors (Lipinski definition) is 3. The summed E-state index contributed by atoms with van der Waals surface area (Å²) in [7, 11) is -9.91. The zero-order chi connectivity index (χ0) is 70.1. The van der Waals surface area contributed by atoms with Crippen LogP contribution in [-0.4, -0.2) is 96.7 Å². The van der Waals surface area contributed by atoms with Crippen LogP contribution in [0.4, 0.5) is 0 Å². The quantitative estimate of drug-likeness (QED) is 0.0222. The lowest BCUT2D eigenvalue weighted by Gasteiger charge is -2.21. The van der Waals surface area contributed by atoms with Gasteiger partial charge in [-0.2, -0.15) is 0 Å². The van der Waals surface area contributed by atoms with E-state index in [4.69, 9.17) is 37.0 Å². The van der Waals surface area contributed by atoms with Crippen molar-refractivity contribution in [1.82, 2.24) is 0 Å². The number of carbonyl (C=O) groups is 4. The summed E-state index contributed by atoms with van der Waals surface area (Å²) in [4.78, 5) is 72.7. The van der Waals surface area contributed by atoms with E-state index < -0.39 is 97.5 Å². The van der Waals surface area contributed by atoms with Gasteiger partial charge in [0.15, 0.2) is 12.2 Å². The van der Waals surface area contributed by atoms with E-state index in [1.54, 1.807) is 0 Å². The number of unbranched alkanes of at least 4 members (excludes halogenated alkanes) is 40. The van der Waals surface area contributed by atoms with Crippen LogP contribution in [-0.2, 0) is 65.4 Å². The van der Waals surface area contributed by atoms with Crippen LogP contribution in [0.1, 0.15) is 389 Å². The molecule has 0 bridgehead atoms. The molecular weight excluding hydrogens is 1250 g/mol. The molecule has 0 aromatic rings. The monoisotopic (exact) mass is 1400 g/mol. The topological polar surface area (TPSA) is 237 Å². The van der Waals surface area contributed by atoms with Gasteiger partial charge in [0, 0.05) is 25.7 Å². The summed E-state index contributed by atoms with van der Waals surface area (Å²) < 4.78 is 68.4. The molecule has 0 heterocycles. The van der Waals surface area contributed by atoms with Gasteiger partial charge in [0.1, 0.15) is 19.3 Å². The minimum Gasteiger partial charge on any atom is -0.462 e. The zero-order valence-corrected chi connectivity index (χ0v) is 63.9. The number of phosphoric ester groups is 2. The third-order valence-corrected chi connectivity index (χ3v) is 20.3. The fraction of sp³-hybridized carbons (Fsp3) is 0.947. The average molecular weight is 1400 g/mol. The van der Waals surface area contributed by atoms with Gasteiger partial charge in [-0.3, -0.25) is 37.3 Å². The van der Waals surface area contributed by atoms with E-state index >= 15 is 0 Å². The van der Waals surface area contributed by atoms with Crippen molar-refractivity contribution in [2.75, 3.05) is 39.6 Å². The molecule has 0 amide bonds. The first-order valence-corrected chi connectivity index (χ1v) is 42.4. The number of rotatable bonds is 74. The second kappa shape index (κ2) is 66.6. The smallest absolute Gasteiger partial charge is 0.462 e. The predicted octanol–water partition coefficient (Wildman–Crippen LogP) is 22.2. The molecule has 0 aromatic heterocycles. The Morgan fingerprint density at radius 1 is 0.305 bits per heavy atom. The van der Waals surface area contributed by atoms with Crippen molar-refractivity contribution in [2.45, 2.75) is 407 Å². The first-order valence-electron chi connectivity index (χ1n) is 39.4. The van der Waals surface area contributed by atoms with Gasteiger partial charge in [-0.05, 0) is 43.4 Å². The molecule has 0 saturated heterocycles. The molecular formula is C76H148O17P2. The molecule has 95 heavy (non-hydrogen) atoms. The van der Waals surface area contributed by atoms with Crippen LogP contribution in [0.2, 0.25) is 0 Å². The highest BCUT2D eigenvalue weighted by atomic mass is 31.2. The summed E-state index contributed by atoms with van der Waals surface area (Å²) in [5, 5.41) is 10.6. The van der Waals surface area contributed by atoms with Crippen LogP contribution < -0.4 is 0 Å². The van der Waals surface area contributed by atoms with E-state index in [0.29, 0.717) is 25.7 Å². The fourth-order valence-corrected chi connectivity index (χ4v) is 13.1. The standard InChI is InChI=1S/C76H148O17P2/c1-8-11-12-13-14-36-43-50-57-73(78)86-63-71(93-76(81)60-53-46-39-32-31-33-40-47-54-67(4)5)65-90-94(82,83)88-61-70(77)62-89-95(84,85)91-66-72(92-75(80)59-52-45-38-30-26-22-18-16-20-24-28-35-42-49-56-69(7)10-3)64-87-74(79)58-51-44-37-29-25-21-17-15-19-23-27-34-41-48-55-68(6)9-2/h67-72,77H,8-66H2,1-7H3,(H,82,83)(H,84,85)/t68?,69?,70-,71+,72+/m0/s1. The summed E-state index contributed by atoms with van der Waals surface area (Å²) >= 11 is 0. The summed E-state index contributed by atoms with van der Waals surface area (Å²) in [5.41, 5.74) is 0. The van der Waals surface area contributed by atoms with Gasteiger partial charge in [0.25, 0.3) is 0 Å². The van der Waals surface area contributed by atoms with E-state index in [0.717, 1.165) is 114 Å². The normalized spacial score (nSPS) is 14.6. The van der Waals surface area contributed by atoms with Crippen LogP contribution >= 0.6 is 15.6 Å². The third-order valence-electron chi connectivity index (χ3n) is 18.4. The number of phosphoric acid groups is 2. The molecule has 0 rings (SSSR count). The summed E-state index contributed by atoms with van der Waals surface area (Å²) in [6.45, 7) is 11.9. The first kappa shape index (κ1) is 93.1. The second-order valence-electron chi connectivity index (χ2n) is 28.4.